The summed E-state index contributed by atoms with van der Waals surface area (Å²) in [6.07, 6.45) is 1.72. The fourth-order valence-electron chi connectivity index (χ4n) is 5.29. The number of carbonyl (C=O) groups is 2. The summed E-state index contributed by atoms with van der Waals surface area (Å²) in [6.45, 7) is 0.884. The van der Waals surface area contributed by atoms with E-state index in [1.54, 1.807) is 12.1 Å². The van der Waals surface area contributed by atoms with Crippen molar-refractivity contribution < 1.29 is 18.7 Å². The number of benzene rings is 3. The normalized spacial score (nSPS) is 15.8. The molecule has 3 heterocycles. The minimum absolute atomic E-state index is 0.0486. The number of imidazole rings is 1. The average molecular weight is 556 g/mol. The number of para-hydroxylation sites is 3. The van der Waals surface area contributed by atoms with E-state index >= 15 is 0 Å². The number of nitrogens with one attached hydrogen (secondary N) is 1. The Bertz CT molecular complexity index is 1690. The molecule has 1 N–H and O–H groups in total. The second kappa shape index (κ2) is 11.5. The van der Waals surface area contributed by atoms with Gasteiger partial charge in [0.2, 0.25) is 5.91 Å². The topological polar surface area (TPSA) is 107 Å². The zero-order valence-corrected chi connectivity index (χ0v) is 22.6. The second-order valence-electron chi connectivity index (χ2n) is 10.2. The van der Waals surface area contributed by atoms with Crippen molar-refractivity contribution >= 4 is 33.9 Å². The molecule has 0 saturated carbocycles. The molecule has 0 aliphatic carbocycles. The number of nitrogens with zero attached hydrogens (tertiary/aromatic N) is 6. The van der Waals surface area contributed by atoms with Gasteiger partial charge in [-0.15, -0.1) is 5.10 Å². The van der Waals surface area contributed by atoms with Gasteiger partial charge in [-0.2, -0.15) is 0 Å². The molecule has 10 nitrogen and oxygen atoms in total. The predicted octanol–water partition coefficient (Wildman–Crippen LogP) is 3.52. The van der Waals surface area contributed by atoms with Gasteiger partial charge in [-0.3, -0.25) is 9.59 Å². The lowest BCUT2D eigenvalue weighted by Gasteiger charge is -2.31. The van der Waals surface area contributed by atoms with E-state index in [-0.39, 0.29) is 36.8 Å². The maximum Gasteiger partial charge on any atom is 0.250 e. The van der Waals surface area contributed by atoms with Crippen molar-refractivity contribution in [3.8, 4) is 0 Å². The fourth-order valence-corrected chi connectivity index (χ4v) is 5.29. The molecule has 2 aromatic heterocycles. The quantitative estimate of drug-likeness (QED) is 0.298. The molecule has 3 aromatic carbocycles. The van der Waals surface area contributed by atoms with Crippen molar-refractivity contribution in [1.82, 2.24) is 34.8 Å². The van der Waals surface area contributed by atoms with Crippen molar-refractivity contribution in [3.63, 3.8) is 0 Å². The number of carbonyl (C=O) groups excluding carboxylic acids is 2. The van der Waals surface area contributed by atoms with Crippen LogP contribution >= 0.6 is 0 Å². The molecule has 1 saturated heterocycles. The Labute approximate surface area is 235 Å². The lowest BCUT2D eigenvalue weighted by atomic mass is 10.1. The predicted molar refractivity (Wildman–Crippen MR) is 150 cm³/mol. The molecule has 0 bridgehead atoms. The Morgan fingerprint density at radius 1 is 1.05 bits per heavy atom. The average Bonchev–Trinajstić information content (AvgIpc) is 3.73. The number of aromatic nitrogens is 5. The summed E-state index contributed by atoms with van der Waals surface area (Å²) in [5, 5.41) is 11.4. The summed E-state index contributed by atoms with van der Waals surface area (Å²) in [4.78, 5) is 34.5. The zero-order valence-electron chi connectivity index (χ0n) is 22.6. The van der Waals surface area contributed by atoms with E-state index in [4.69, 9.17) is 9.72 Å². The first kappa shape index (κ1) is 26.6. The first-order chi connectivity index (χ1) is 20.0. The molecule has 41 heavy (non-hydrogen) atoms. The number of aryl methyl sites for hydroxylation is 1. The van der Waals surface area contributed by atoms with Gasteiger partial charge in [-0.05, 0) is 54.8 Å². The molecule has 0 spiro atoms. The SMILES string of the molecule is Cn1c([C@@H](C(=O)NC[C@H]2CCCO2)N(Cc2ccc(F)cc2)C(=O)Cn2nnc3ccccc32)nc2ccccc21. The van der Waals surface area contributed by atoms with Gasteiger partial charge in [-0.25, -0.2) is 14.1 Å². The molecule has 2 amide bonds. The first-order valence-corrected chi connectivity index (χ1v) is 13.6. The van der Waals surface area contributed by atoms with Gasteiger partial charge in [0.15, 0.2) is 6.04 Å². The van der Waals surface area contributed by atoms with Gasteiger partial charge in [0.25, 0.3) is 5.91 Å². The molecule has 6 rings (SSSR count). The first-order valence-electron chi connectivity index (χ1n) is 13.6. The van der Waals surface area contributed by atoms with Crippen LogP contribution in [0.1, 0.15) is 30.3 Å². The number of hydrogen-bond acceptors (Lipinski definition) is 6. The van der Waals surface area contributed by atoms with Gasteiger partial charge in [0, 0.05) is 26.7 Å². The Morgan fingerprint density at radius 3 is 2.51 bits per heavy atom. The van der Waals surface area contributed by atoms with E-state index in [1.165, 1.54) is 21.7 Å². The van der Waals surface area contributed by atoms with Crippen LogP contribution in [0.2, 0.25) is 0 Å². The third kappa shape index (κ3) is 5.53. The smallest absolute Gasteiger partial charge is 0.250 e. The third-order valence-corrected chi connectivity index (χ3v) is 7.45. The molecular weight excluding hydrogens is 525 g/mol. The van der Waals surface area contributed by atoms with E-state index < -0.39 is 6.04 Å². The van der Waals surface area contributed by atoms with Gasteiger partial charge >= 0.3 is 0 Å². The van der Waals surface area contributed by atoms with Crippen LogP contribution in [0.15, 0.2) is 72.8 Å². The largest absolute Gasteiger partial charge is 0.376 e. The minimum Gasteiger partial charge on any atom is -0.376 e. The number of amides is 2. The Balaban J connectivity index is 1.41. The van der Waals surface area contributed by atoms with Crippen LogP contribution in [-0.4, -0.2) is 60.5 Å². The van der Waals surface area contributed by atoms with E-state index in [9.17, 15) is 14.0 Å². The molecule has 5 aromatic rings. The number of rotatable bonds is 9. The van der Waals surface area contributed by atoms with Crippen LogP contribution in [0.3, 0.4) is 0 Å². The molecule has 1 aliphatic rings. The molecule has 210 valence electrons. The monoisotopic (exact) mass is 555 g/mol. The maximum absolute atomic E-state index is 14.2. The van der Waals surface area contributed by atoms with Crippen molar-refractivity contribution in [1.29, 1.82) is 0 Å². The van der Waals surface area contributed by atoms with Crippen LogP contribution in [0, 0.1) is 5.82 Å². The zero-order chi connectivity index (χ0) is 28.3. The molecule has 0 unspecified atom stereocenters. The van der Waals surface area contributed by atoms with Crippen LogP contribution in [0.4, 0.5) is 4.39 Å². The summed E-state index contributed by atoms with van der Waals surface area (Å²) >= 11 is 0. The Kier molecular flexibility index (Phi) is 7.43. The number of ether oxygens (including phenoxy) is 1. The molecule has 1 fully saturated rings. The summed E-state index contributed by atoms with van der Waals surface area (Å²) in [6, 6.07) is 19.7. The van der Waals surface area contributed by atoms with Gasteiger partial charge in [0.05, 0.1) is 22.7 Å². The highest BCUT2D eigenvalue weighted by Gasteiger charge is 2.36. The maximum atomic E-state index is 14.2. The Morgan fingerprint density at radius 2 is 1.78 bits per heavy atom. The number of fused-ring (bicyclic) bond motifs is 2. The van der Waals surface area contributed by atoms with Crippen molar-refractivity contribution in [3.05, 3.63) is 90.0 Å². The summed E-state index contributed by atoms with van der Waals surface area (Å²) in [5.74, 6) is -0.719. The van der Waals surface area contributed by atoms with E-state index in [0.29, 0.717) is 41.1 Å². The minimum atomic E-state index is -1.08. The summed E-state index contributed by atoms with van der Waals surface area (Å²) < 4.78 is 22.8. The van der Waals surface area contributed by atoms with Crippen molar-refractivity contribution in [2.24, 2.45) is 7.05 Å². The van der Waals surface area contributed by atoms with Crippen molar-refractivity contribution in [2.45, 2.75) is 38.1 Å². The highest BCUT2D eigenvalue weighted by Crippen LogP contribution is 2.27. The highest BCUT2D eigenvalue weighted by molar-refractivity contribution is 5.90. The standard InChI is InChI=1S/C30H30FN7O3/c1-36-25-10-4-2-8-23(25)33-29(36)28(30(40)32-17-22-7-6-16-41-22)37(18-20-12-14-21(31)15-13-20)27(39)19-38-26-11-5-3-9-24(26)34-35-38/h2-5,8-15,22,28H,6-7,16-19H2,1H3,(H,32,40)/t22-,28+/m1/s1. The Hall–Kier alpha value is -4.64. The molecule has 1 aliphatic heterocycles. The van der Waals surface area contributed by atoms with Crippen molar-refractivity contribution in [2.75, 3.05) is 13.2 Å². The number of hydrogen-bond donors (Lipinski definition) is 1. The molecule has 2 atom stereocenters. The van der Waals surface area contributed by atoms with Gasteiger partial charge in [-0.1, -0.05) is 41.6 Å². The lowest BCUT2D eigenvalue weighted by Crippen LogP contribution is -2.47. The summed E-state index contributed by atoms with van der Waals surface area (Å²) in [7, 11) is 1.83. The second-order valence-corrected chi connectivity index (χ2v) is 10.2. The van der Waals surface area contributed by atoms with E-state index in [1.807, 2.05) is 60.1 Å². The van der Waals surface area contributed by atoms with Crippen LogP contribution < -0.4 is 5.32 Å². The lowest BCUT2D eigenvalue weighted by molar-refractivity contribution is -0.142. The van der Waals surface area contributed by atoms with Crippen LogP contribution in [0.5, 0.6) is 0 Å². The molecule has 11 heteroatoms. The van der Waals surface area contributed by atoms with Crippen LogP contribution in [-0.2, 0) is 34.5 Å². The van der Waals surface area contributed by atoms with Gasteiger partial charge in [0.1, 0.15) is 23.7 Å². The van der Waals surface area contributed by atoms with Gasteiger partial charge < -0.3 is 19.5 Å². The van der Waals surface area contributed by atoms with E-state index in [2.05, 4.69) is 15.6 Å². The van der Waals surface area contributed by atoms with Crippen LogP contribution in [0.25, 0.3) is 22.1 Å². The molecule has 0 radical (unpaired) electrons. The highest BCUT2D eigenvalue weighted by atomic mass is 19.1. The summed E-state index contributed by atoms with van der Waals surface area (Å²) in [5.41, 5.74) is 3.56. The third-order valence-electron chi connectivity index (χ3n) is 7.45. The molecular formula is C30H30FN7O3. The number of halogens is 1. The fraction of sp³-hybridized carbons (Fsp3) is 0.300. The van der Waals surface area contributed by atoms with E-state index in [0.717, 1.165) is 18.4 Å².